The Labute approximate surface area is 323 Å². The Morgan fingerprint density at radius 2 is 1.75 bits per heavy atom. The molecule has 4 aliphatic carbocycles. The van der Waals surface area contributed by atoms with Gasteiger partial charge in [0.25, 0.3) is 0 Å². The van der Waals surface area contributed by atoms with Gasteiger partial charge >= 0.3 is 5.97 Å². The van der Waals surface area contributed by atoms with E-state index >= 15 is 0 Å². The van der Waals surface area contributed by atoms with Gasteiger partial charge in [-0.05, 0) is 107 Å². The van der Waals surface area contributed by atoms with E-state index in [1.54, 1.807) is 11.0 Å². The number of carbonyl (C=O) groups is 4. The molecule has 2 aliphatic heterocycles. The van der Waals surface area contributed by atoms with Crippen molar-refractivity contribution in [2.45, 2.75) is 126 Å². The van der Waals surface area contributed by atoms with Crippen molar-refractivity contribution in [3.05, 3.63) is 54.8 Å². The van der Waals surface area contributed by atoms with Gasteiger partial charge in [-0.3, -0.25) is 23.9 Å². The second-order valence-corrected chi connectivity index (χ2v) is 18.9. The number of amides is 2. The third-order valence-electron chi connectivity index (χ3n) is 13.3. The van der Waals surface area contributed by atoms with Gasteiger partial charge in [0.05, 0.1) is 41.1 Å². The molecule has 55 heavy (non-hydrogen) atoms. The van der Waals surface area contributed by atoms with Crippen LogP contribution in [0.4, 0.5) is 0 Å². The molecule has 11 nitrogen and oxygen atoms in total. The molecule has 0 radical (unpaired) electrons. The first-order valence-corrected chi connectivity index (χ1v) is 22.0. The first-order valence-electron chi connectivity index (χ1n) is 20.5. The maximum Gasteiger partial charge on any atom is 0.306 e. The Hall–Kier alpha value is -4.06. The predicted molar refractivity (Wildman–Crippen MR) is 207 cm³/mol. The molecule has 0 spiro atoms. The van der Waals surface area contributed by atoms with Crippen LogP contribution in [-0.2, 0) is 33.9 Å². The van der Waals surface area contributed by atoms with E-state index in [1.165, 1.54) is 0 Å². The van der Waals surface area contributed by atoms with Gasteiger partial charge < -0.3 is 14.4 Å². The van der Waals surface area contributed by atoms with E-state index in [9.17, 15) is 27.6 Å². The summed E-state index contributed by atoms with van der Waals surface area (Å²) in [4.78, 5) is 63.4. The Morgan fingerprint density at radius 3 is 2.51 bits per heavy atom. The maximum atomic E-state index is 14.9. The van der Waals surface area contributed by atoms with Gasteiger partial charge in [0.2, 0.25) is 21.8 Å². The molecular weight excluding hydrogens is 719 g/mol. The van der Waals surface area contributed by atoms with Crippen molar-refractivity contribution in [2.75, 3.05) is 6.54 Å². The monoisotopic (exact) mass is 771 g/mol. The number of allylic oxidation sites excluding steroid dienone is 2. The van der Waals surface area contributed by atoms with Crippen LogP contribution in [0.2, 0.25) is 0 Å². The molecule has 1 saturated heterocycles. The summed E-state index contributed by atoms with van der Waals surface area (Å²) in [5, 5.41) is 0.313. The van der Waals surface area contributed by atoms with Crippen LogP contribution < -0.4 is 9.46 Å². The second kappa shape index (κ2) is 15.5. The summed E-state index contributed by atoms with van der Waals surface area (Å²) in [6.07, 6.45) is 15.3. The van der Waals surface area contributed by atoms with Crippen LogP contribution in [0.3, 0.4) is 0 Å². The van der Waals surface area contributed by atoms with Crippen molar-refractivity contribution < 1.29 is 37.1 Å². The summed E-state index contributed by atoms with van der Waals surface area (Å²) in [6, 6.07) is 8.85. The third-order valence-corrected chi connectivity index (χ3v) is 15.1. The first kappa shape index (κ1) is 37.8. The topological polar surface area (TPSA) is 149 Å². The summed E-state index contributed by atoms with van der Waals surface area (Å²) >= 11 is 0. The number of aromatic nitrogens is 1. The molecule has 2 aromatic rings. The average Bonchev–Trinajstić information content (AvgIpc) is 3.95. The Morgan fingerprint density at radius 1 is 0.982 bits per heavy atom. The van der Waals surface area contributed by atoms with Crippen LogP contribution in [0, 0.1) is 29.1 Å². The highest BCUT2D eigenvalue weighted by Gasteiger charge is 2.61. The first-order chi connectivity index (χ1) is 26.5. The summed E-state index contributed by atoms with van der Waals surface area (Å²) in [7, 11) is -3.84. The van der Waals surface area contributed by atoms with Crippen LogP contribution in [0.15, 0.2) is 49.1 Å². The number of carbonyl (C=O) groups excluding carboxylic acids is 4. The Bertz CT molecular complexity index is 1990. The van der Waals surface area contributed by atoms with E-state index in [0.29, 0.717) is 30.7 Å². The van der Waals surface area contributed by atoms with Crippen molar-refractivity contribution in [2.24, 2.45) is 29.1 Å². The molecule has 12 heteroatoms. The molecule has 6 aliphatic rings. The number of rotatable bonds is 8. The van der Waals surface area contributed by atoms with Crippen LogP contribution in [0.25, 0.3) is 17.0 Å². The number of hydrogen-bond acceptors (Lipinski definition) is 9. The SMILES string of the molecule is C=C[C@@H]1C[C@]1(CC(=O)[C@@H]1C[C@@H]2CN1C(=O)[C@H](C1CCCC1)CC(=O)O[C@@H]1CCC[C@H]1CCC/C=C/c1nc3ccccc3cc1O2)C(=O)NS(=O)(=O)C1CC1. The lowest BCUT2D eigenvalue weighted by atomic mass is 9.86. The zero-order valence-electron chi connectivity index (χ0n) is 31.5. The molecule has 7 atom stereocenters. The summed E-state index contributed by atoms with van der Waals surface area (Å²) in [6.45, 7) is 3.98. The molecule has 4 saturated carbocycles. The van der Waals surface area contributed by atoms with E-state index in [-0.39, 0.29) is 67.3 Å². The van der Waals surface area contributed by atoms with Crippen LogP contribution in [0.5, 0.6) is 5.75 Å². The lowest BCUT2D eigenvalue weighted by Crippen LogP contribution is -2.47. The predicted octanol–water partition coefficient (Wildman–Crippen LogP) is 6.45. The highest BCUT2D eigenvalue weighted by molar-refractivity contribution is 7.90. The molecule has 8 rings (SSSR count). The van der Waals surface area contributed by atoms with Gasteiger partial charge in [0, 0.05) is 18.2 Å². The van der Waals surface area contributed by atoms with Crippen molar-refractivity contribution in [3.8, 4) is 5.75 Å². The smallest absolute Gasteiger partial charge is 0.306 e. The van der Waals surface area contributed by atoms with E-state index < -0.39 is 44.7 Å². The molecule has 0 unspecified atom stereocenters. The summed E-state index contributed by atoms with van der Waals surface area (Å²) in [5.41, 5.74) is 0.243. The van der Waals surface area contributed by atoms with E-state index in [0.717, 1.165) is 75.1 Å². The van der Waals surface area contributed by atoms with E-state index in [1.807, 2.05) is 36.4 Å². The number of fused-ring (bicyclic) bond motifs is 5. The normalized spacial score (nSPS) is 32.4. The minimum Gasteiger partial charge on any atom is -0.486 e. The molecule has 2 amide bonds. The number of esters is 1. The Kier molecular flexibility index (Phi) is 10.6. The van der Waals surface area contributed by atoms with E-state index in [4.69, 9.17) is 14.5 Å². The molecule has 2 bridgehead atoms. The van der Waals surface area contributed by atoms with Gasteiger partial charge in [-0.25, -0.2) is 13.4 Å². The second-order valence-electron chi connectivity index (χ2n) is 17.0. The quantitative estimate of drug-likeness (QED) is 0.236. The van der Waals surface area contributed by atoms with Crippen molar-refractivity contribution in [1.82, 2.24) is 14.6 Å². The number of nitrogens with one attached hydrogen (secondary N) is 1. The lowest BCUT2D eigenvalue weighted by molar-refractivity contribution is -0.156. The van der Waals surface area contributed by atoms with Gasteiger partial charge in [0.1, 0.15) is 23.7 Å². The highest BCUT2D eigenvalue weighted by atomic mass is 32.2. The number of benzene rings is 1. The average molecular weight is 772 g/mol. The van der Waals surface area contributed by atoms with Crippen LogP contribution in [-0.4, -0.2) is 71.9 Å². The molecular formula is C43H53N3O8S. The minimum absolute atomic E-state index is 0.0134. The molecule has 5 fully saturated rings. The fourth-order valence-electron chi connectivity index (χ4n) is 9.85. The number of sulfonamides is 1. The van der Waals surface area contributed by atoms with Gasteiger partial charge in [-0.2, -0.15) is 0 Å². The lowest BCUT2D eigenvalue weighted by Gasteiger charge is -2.31. The number of ketones is 1. The molecule has 294 valence electrons. The number of pyridine rings is 1. The Balaban J connectivity index is 1.13. The van der Waals surface area contributed by atoms with Crippen molar-refractivity contribution in [1.29, 1.82) is 0 Å². The molecule has 1 aromatic heterocycles. The van der Waals surface area contributed by atoms with Crippen molar-refractivity contribution in [3.63, 3.8) is 0 Å². The maximum absolute atomic E-state index is 14.9. The molecule has 3 heterocycles. The van der Waals surface area contributed by atoms with E-state index in [2.05, 4.69) is 17.4 Å². The minimum atomic E-state index is -3.84. The fourth-order valence-corrected chi connectivity index (χ4v) is 11.2. The largest absolute Gasteiger partial charge is 0.486 e. The zero-order chi connectivity index (χ0) is 38.3. The van der Waals surface area contributed by atoms with Gasteiger partial charge in [0.15, 0.2) is 5.78 Å². The van der Waals surface area contributed by atoms with Gasteiger partial charge in [-0.15, -0.1) is 6.58 Å². The highest BCUT2D eigenvalue weighted by Crippen LogP contribution is 2.57. The number of Topliss-reactive ketones (excluding diaryl/α,β-unsaturated/α-hetero) is 1. The summed E-state index contributed by atoms with van der Waals surface area (Å²) in [5.74, 6) is -1.83. The third kappa shape index (κ3) is 7.98. The summed E-state index contributed by atoms with van der Waals surface area (Å²) < 4.78 is 40.8. The van der Waals surface area contributed by atoms with Crippen molar-refractivity contribution >= 4 is 50.6 Å². The number of hydrogen-bond donors (Lipinski definition) is 1. The number of para-hydroxylation sites is 1. The number of nitrogens with zero attached hydrogens (tertiary/aromatic N) is 2. The fraction of sp³-hybridized carbons (Fsp3) is 0.605. The van der Waals surface area contributed by atoms with Gasteiger partial charge in [-0.1, -0.05) is 43.2 Å². The molecule has 1 aromatic carbocycles. The van der Waals surface area contributed by atoms with Crippen LogP contribution >= 0.6 is 0 Å². The molecule has 1 N–H and O–H groups in total. The van der Waals surface area contributed by atoms with Crippen LogP contribution in [0.1, 0.15) is 108 Å². The number of ether oxygens (including phenoxy) is 2. The standard InChI is InChI=1S/C43H53N3O8S/c1-2-30-24-43(30,42(50)45-55(51,52)32-19-20-32)25-37(47)36-22-31-26-46(36)41(49)33(27-11-6-7-12-27)23-40(48)54-38-18-10-15-28(38)13-4-3-5-17-35-39(53-31)21-29-14-8-9-16-34(29)44-35/h2,5,8-9,14,16-17,21,27-28,30-33,36,38H,1,3-4,6-7,10-13,15,18-20,22-26H2,(H,45,50)/b17-5+/t28-,30-,31-,33+,36+,38-,43-/m1/s1. The zero-order valence-corrected chi connectivity index (χ0v) is 32.4.